The summed E-state index contributed by atoms with van der Waals surface area (Å²) < 4.78 is 0. The van der Waals surface area contributed by atoms with Gasteiger partial charge in [-0.2, -0.15) is 4.98 Å². The van der Waals surface area contributed by atoms with E-state index in [9.17, 15) is 0 Å². The lowest BCUT2D eigenvalue weighted by molar-refractivity contribution is 0.273. The van der Waals surface area contributed by atoms with Gasteiger partial charge in [0.05, 0.1) is 0 Å². The lowest BCUT2D eigenvalue weighted by atomic mass is 10.2. The molecule has 3 N–H and O–H groups in total. The van der Waals surface area contributed by atoms with Crippen LogP contribution in [0.15, 0.2) is 6.20 Å². The van der Waals surface area contributed by atoms with Crippen molar-refractivity contribution in [3.05, 3.63) is 11.8 Å². The van der Waals surface area contributed by atoms with E-state index in [-0.39, 0.29) is 0 Å². The standard InChI is InChI=1S/C13H22N6/c1-10-8-15-13(17-14)16-12(10)19-7-3-6-18-5-2-4-11(18)9-19/h8,11H,2-7,9,14H2,1H3,(H,15,16,17). The molecule has 3 heterocycles. The lowest BCUT2D eigenvalue weighted by Gasteiger charge is -2.27. The molecule has 2 aliphatic heterocycles. The molecule has 0 radical (unpaired) electrons. The fraction of sp³-hybridized carbons (Fsp3) is 0.692. The van der Waals surface area contributed by atoms with E-state index in [1.54, 1.807) is 0 Å². The van der Waals surface area contributed by atoms with Crippen LogP contribution in [-0.4, -0.2) is 47.1 Å². The van der Waals surface area contributed by atoms with E-state index in [1.165, 1.54) is 32.4 Å². The van der Waals surface area contributed by atoms with Crippen LogP contribution < -0.4 is 16.2 Å². The van der Waals surface area contributed by atoms with Crippen LogP contribution in [0.1, 0.15) is 24.8 Å². The van der Waals surface area contributed by atoms with E-state index in [0.29, 0.717) is 12.0 Å². The van der Waals surface area contributed by atoms with Crippen molar-refractivity contribution in [1.82, 2.24) is 14.9 Å². The van der Waals surface area contributed by atoms with E-state index in [4.69, 9.17) is 5.84 Å². The van der Waals surface area contributed by atoms with Crippen molar-refractivity contribution < 1.29 is 0 Å². The summed E-state index contributed by atoms with van der Waals surface area (Å²) in [5, 5.41) is 0. The molecule has 6 heteroatoms. The number of hydrogen-bond acceptors (Lipinski definition) is 6. The highest BCUT2D eigenvalue weighted by Crippen LogP contribution is 2.25. The molecular weight excluding hydrogens is 240 g/mol. The SMILES string of the molecule is Cc1cnc(NN)nc1N1CCCN2CCCC2C1. The van der Waals surface area contributed by atoms with Crippen molar-refractivity contribution in [2.45, 2.75) is 32.2 Å². The number of aryl methyl sites for hydroxylation is 1. The molecule has 1 atom stereocenters. The quantitative estimate of drug-likeness (QED) is 0.605. The second kappa shape index (κ2) is 5.30. The van der Waals surface area contributed by atoms with Crippen molar-refractivity contribution in [3.8, 4) is 0 Å². The maximum atomic E-state index is 5.41. The summed E-state index contributed by atoms with van der Waals surface area (Å²) in [6, 6.07) is 0.686. The number of hydrazine groups is 1. The summed E-state index contributed by atoms with van der Waals surface area (Å²) in [7, 11) is 0. The van der Waals surface area contributed by atoms with Gasteiger partial charge in [-0.3, -0.25) is 10.3 Å². The van der Waals surface area contributed by atoms with E-state index < -0.39 is 0 Å². The molecule has 2 saturated heterocycles. The lowest BCUT2D eigenvalue weighted by Crippen LogP contribution is -2.37. The molecule has 0 saturated carbocycles. The third-order valence-electron chi connectivity index (χ3n) is 4.18. The van der Waals surface area contributed by atoms with Gasteiger partial charge in [0.25, 0.3) is 0 Å². The van der Waals surface area contributed by atoms with Gasteiger partial charge in [-0.05, 0) is 32.7 Å². The van der Waals surface area contributed by atoms with Crippen LogP contribution in [0, 0.1) is 6.92 Å². The van der Waals surface area contributed by atoms with E-state index in [0.717, 1.165) is 24.5 Å². The maximum absolute atomic E-state index is 5.41. The number of nitrogens with one attached hydrogen (secondary N) is 1. The number of rotatable bonds is 2. The van der Waals surface area contributed by atoms with Gasteiger partial charge in [0.1, 0.15) is 5.82 Å². The Morgan fingerprint density at radius 1 is 1.32 bits per heavy atom. The molecule has 6 nitrogen and oxygen atoms in total. The van der Waals surface area contributed by atoms with Gasteiger partial charge in [0.15, 0.2) is 0 Å². The molecule has 104 valence electrons. The Bertz CT molecular complexity index is 449. The zero-order valence-electron chi connectivity index (χ0n) is 11.5. The summed E-state index contributed by atoms with van der Waals surface area (Å²) in [6.45, 7) is 6.67. The zero-order valence-corrected chi connectivity index (χ0v) is 11.5. The topological polar surface area (TPSA) is 70.3 Å². The summed E-state index contributed by atoms with van der Waals surface area (Å²) in [5.41, 5.74) is 3.65. The first-order valence-corrected chi connectivity index (χ1v) is 7.07. The molecule has 1 aromatic heterocycles. The first-order chi connectivity index (χ1) is 9.28. The summed E-state index contributed by atoms with van der Waals surface area (Å²) in [6.07, 6.45) is 5.68. The Balaban J connectivity index is 1.84. The first kappa shape index (κ1) is 12.6. The Morgan fingerprint density at radius 3 is 3.00 bits per heavy atom. The zero-order chi connectivity index (χ0) is 13.2. The second-order valence-electron chi connectivity index (χ2n) is 5.48. The van der Waals surface area contributed by atoms with Gasteiger partial charge in [0.2, 0.25) is 5.95 Å². The first-order valence-electron chi connectivity index (χ1n) is 7.07. The molecule has 0 aliphatic carbocycles. The van der Waals surface area contributed by atoms with Crippen LogP contribution in [0.25, 0.3) is 0 Å². The molecule has 1 aromatic rings. The highest BCUT2D eigenvalue weighted by molar-refractivity contribution is 5.49. The van der Waals surface area contributed by atoms with Crippen LogP contribution >= 0.6 is 0 Å². The largest absolute Gasteiger partial charge is 0.355 e. The monoisotopic (exact) mass is 262 g/mol. The van der Waals surface area contributed by atoms with Gasteiger partial charge in [-0.25, -0.2) is 10.8 Å². The molecule has 2 fully saturated rings. The van der Waals surface area contributed by atoms with Crippen LogP contribution in [0.3, 0.4) is 0 Å². The molecule has 19 heavy (non-hydrogen) atoms. The average Bonchev–Trinajstić information content (AvgIpc) is 2.77. The van der Waals surface area contributed by atoms with E-state index in [2.05, 4.69) is 32.1 Å². The Hall–Kier alpha value is -1.40. The Labute approximate surface area is 114 Å². The highest BCUT2D eigenvalue weighted by Gasteiger charge is 2.29. The molecular formula is C13H22N6. The molecule has 3 rings (SSSR count). The number of hydrogen-bond donors (Lipinski definition) is 2. The molecule has 1 unspecified atom stereocenters. The van der Waals surface area contributed by atoms with Crippen molar-refractivity contribution in [3.63, 3.8) is 0 Å². The fourth-order valence-corrected chi connectivity index (χ4v) is 3.22. The number of aromatic nitrogens is 2. The second-order valence-corrected chi connectivity index (χ2v) is 5.48. The van der Waals surface area contributed by atoms with Gasteiger partial charge >= 0.3 is 0 Å². The normalized spacial score (nSPS) is 24.1. The van der Waals surface area contributed by atoms with Crippen LogP contribution in [0.2, 0.25) is 0 Å². The highest BCUT2D eigenvalue weighted by atomic mass is 15.3. The van der Waals surface area contributed by atoms with Crippen molar-refractivity contribution >= 4 is 11.8 Å². The van der Waals surface area contributed by atoms with Gasteiger partial charge < -0.3 is 4.90 Å². The van der Waals surface area contributed by atoms with Crippen LogP contribution in [0.4, 0.5) is 11.8 Å². The van der Waals surface area contributed by atoms with E-state index in [1.807, 2.05) is 6.20 Å². The molecule has 0 spiro atoms. The van der Waals surface area contributed by atoms with Crippen molar-refractivity contribution in [2.75, 3.05) is 36.5 Å². The van der Waals surface area contributed by atoms with Gasteiger partial charge in [-0.15, -0.1) is 0 Å². The van der Waals surface area contributed by atoms with E-state index >= 15 is 0 Å². The van der Waals surface area contributed by atoms with Crippen molar-refractivity contribution in [1.29, 1.82) is 0 Å². The van der Waals surface area contributed by atoms with Crippen molar-refractivity contribution in [2.24, 2.45) is 5.84 Å². The van der Waals surface area contributed by atoms with Gasteiger partial charge in [-0.1, -0.05) is 0 Å². The summed E-state index contributed by atoms with van der Waals surface area (Å²) in [4.78, 5) is 13.7. The van der Waals surface area contributed by atoms with Gasteiger partial charge in [0, 0.05) is 37.4 Å². The number of anilines is 2. The number of fused-ring (bicyclic) bond motifs is 1. The average molecular weight is 262 g/mol. The molecule has 0 amide bonds. The predicted molar refractivity (Wildman–Crippen MR) is 76.0 cm³/mol. The number of nitrogen functional groups attached to an aromatic ring is 1. The molecule has 2 aliphatic rings. The fourth-order valence-electron chi connectivity index (χ4n) is 3.22. The maximum Gasteiger partial charge on any atom is 0.239 e. The third kappa shape index (κ3) is 2.50. The molecule has 0 aromatic carbocycles. The smallest absolute Gasteiger partial charge is 0.239 e. The summed E-state index contributed by atoms with van der Waals surface area (Å²) in [5.74, 6) is 6.93. The summed E-state index contributed by atoms with van der Waals surface area (Å²) >= 11 is 0. The Morgan fingerprint density at radius 2 is 2.16 bits per heavy atom. The minimum absolute atomic E-state index is 0.494. The minimum atomic E-state index is 0.494. The Kier molecular flexibility index (Phi) is 3.52. The van der Waals surface area contributed by atoms with Crippen LogP contribution in [-0.2, 0) is 0 Å². The molecule has 0 bridgehead atoms. The van der Waals surface area contributed by atoms with Crippen LogP contribution in [0.5, 0.6) is 0 Å². The minimum Gasteiger partial charge on any atom is -0.355 e. The third-order valence-corrected chi connectivity index (χ3v) is 4.18. The number of nitrogens with zero attached hydrogens (tertiary/aromatic N) is 4. The predicted octanol–water partition coefficient (Wildman–Crippen LogP) is 0.745. The number of nitrogens with two attached hydrogens (primary N) is 1.